The van der Waals surface area contributed by atoms with Gasteiger partial charge < -0.3 is 9.47 Å². The summed E-state index contributed by atoms with van der Waals surface area (Å²) in [5.74, 6) is 0.405. The molecule has 0 heterocycles. The lowest BCUT2D eigenvalue weighted by molar-refractivity contribution is -0.0419. The van der Waals surface area contributed by atoms with Crippen LogP contribution in [0.2, 0.25) is 0 Å². The quantitative estimate of drug-likeness (QED) is 0.108. The van der Waals surface area contributed by atoms with Crippen molar-refractivity contribution in [2.75, 3.05) is 6.61 Å². The van der Waals surface area contributed by atoms with Gasteiger partial charge in [-0.15, -0.1) is 151 Å². The van der Waals surface area contributed by atoms with E-state index in [1.807, 2.05) is 44.2 Å². The molecule has 0 N–H and O–H groups in total. The van der Waals surface area contributed by atoms with Crippen LogP contribution >= 0.6 is 162 Å². The van der Waals surface area contributed by atoms with Gasteiger partial charge in [-0.3, -0.25) is 0 Å². The molecular weight excluding hydrogens is 889 g/mol. The van der Waals surface area contributed by atoms with Crippen molar-refractivity contribution < 1.29 is 9.47 Å². The lowest BCUT2D eigenvalue weighted by Crippen LogP contribution is -2.49. The topological polar surface area (TPSA) is 18.5 Å². The fraction of sp³-hybridized carbons (Fsp3) is 0.800. The molecule has 0 amide bonds. The summed E-state index contributed by atoms with van der Waals surface area (Å²) in [5.41, 5.74) is 0.0242. The van der Waals surface area contributed by atoms with Crippen molar-refractivity contribution in [3.8, 4) is 0 Å². The van der Waals surface area contributed by atoms with E-state index < -0.39 is 75.5 Å². The van der Waals surface area contributed by atoms with E-state index in [2.05, 4.69) is 13.8 Å². The number of benzene rings is 1. The zero-order valence-electron chi connectivity index (χ0n) is 25.4. The van der Waals surface area contributed by atoms with Gasteiger partial charge in [0.25, 0.3) is 0 Å². The number of rotatable bonds is 22. The molecule has 1 aromatic rings. The molecule has 0 aliphatic carbocycles. The van der Waals surface area contributed by atoms with Crippen molar-refractivity contribution in [2.24, 2.45) is 11.8 Å². The van der Waals surface area contributed by atoms with Crippen LogP contribution in [0.3, 0.4) is 0 Å². The van der Waals surface area contributed by atoms with Gasteiger partial charge in [0.1, 0.15) is 5.56 Å². The van der Waals surface area contributed by atoms with Crippen LogP contribution in [0.15, 0.2) is 30.3 Å². The molecule has 0 aliphatic heterocycles. The van der Waals surface area contributed by atoms with Gasteiger partial charge in [0.15, 0.2) is 0 Å². The van der Waals surface area contributed by atoms with E-state index in [4.69, 9.17) is 172 Å². The normalized spacial score (nSPS) is 22.5. The zero-order valence-corrected chi connectivity index (χ0v) is 36.0. The summed E-state index contributed by atoms with van der Waals surface area (Å²) in [6.45, 7) is 8.62. The number of hydrogen-bond donors (Lipinski definition) is 0. The molecule has 1 rings (SSSR count). The van der Waals surface area contributed by atoms with E-state index >= 15 is 0 Å². The Hall–Kier alpha value is 3.20. The smallest absolute Gasteiger partial charge is 0.149 e. The van der Waals surface area contributed by atoms with Crippen LogP contribution < -0.4 is 0 Å². The molecule has 1 aromatic carbocycles. The van der Waals surface area contributed by atoms with E-state index in [1.54, 1.807) is 0 Å². The van der Waals surface area contributed by atoms with Crippen molar-refractivity contribution in [3.63, 3.8) is 0 Å². The summed E-state index contributed by atoms with van der Waals surface area (Å²) in [7, 11) is 0. The molecule has 270 valence electrons. The van der Waals surface area contributed by atoms with Crippen molar-refractivity contribution in [1.82, 2.24) is 0 Å². The third-order valence-corrected chi connectivity index (χ3v) is 16.4. The summed E-state index contributed by atoms with van der Waals surface area (Å²) >= 11 is 91.9. The van der Waals surface area contributed by atoms with Gasteiger partial charge in [0.05, 0.1) is 89.2 Å². The Balaban J connectivity index is 2.78. The zero-order chi connectivity index (χ0) is 35.5. The molecule has 0 spiro atoms. The van der Waals surface area contributed by atoms with Crippen LogP contribution in [0.1, 0.15) is 39.7 Å². The van der Waals surface area contributed by atoms with Crippen molar-refractivity contribution in [1.29, 1.82) is 0 Å². The van der Waals surface area contributed by atoms with E-state index in [0.717, 1.165) is 12.0 Å². The average molecular weight is 929 g/mol. The summed E-state index contributed by atoms with van der Waals surface area (Å²) in [6.07, 6.45) is 0.521. The highest BCUT2D eigenvalue weighted by atomic mass is 35.5. The van der Waals surface area contributed by atoms with E-state index in [0.29, 0.717) is 12.5 Å². The third kappa shape index (κ3) is 15.3. The van der Waals surface area contributed by atoms with Crippen LogP contribution in [0.5, 0.6) is 0 Å². The minimum atomic E-state index is -1.03. The summed E-state index contributed by atoms with van der Waals surface area (Å²) in [5, 5.41) is -11.9. The van der Waals surface area contributed by atoms with E-state index in [9.17, 15) is 0 Å². The second kappa shape index (κ2) is 23.8. The molecule has 0 aromatic heterocycles. The molecule has 0 aliphatic rings. The first-order chi connectivity index (χ1) is 21.3. The molecule has 0 radical (unpaired) electrons. The Morgan fingerprint density at radius 1 is 0.457 bits per heavy atom. The van der Waals surface area contributed by atoms with Crippen molar-refractivity contribution in [2.45, 2.75) is 122 Å². The molecule has 46 heavy (non-hydrogen) atoms. The third-order valence-electron chi connectivity index (χ3n) is 7.04. The molecule has 0 fully saturated rings. The number of ether oxygens (including phenoxy) is 2. The maximum absolute atomic E-state index is 6.64. The number of alkyl halides is 14. The molecule has 0 bridgehead atoms. The lowest BCUT2D eigenvalue weighted by atomic mass is 9.99. The minimum Gasteiger partial charge on any atom is -0.371 e. The van der Waals surface area contributed by atoms with Gasteiger partial charge in [-0.25, -0.2) is 0 Å². The van der Waals surface area contributed by atoms with Crippen LogP contribution in [-0.4, -0.2) is 88.2 Å². The van der Waals surface area contributed by atoms with Gasteiger partial charge >= 0.3 is 0 Å². The Bertz CT molecular complexity index is 949. The summed E-state index contributed by atoms with van der Waals surface area (Å²) in [6, 6.07) is 9.83. The summed E-state index contributed by atoms with van der Waals surface area (Å²) < 4.78 is 12.0. The Kier molecular flexibility index (Phi) is 24.4. The van der Waals surface area contributed by atoms with Crippen LogP contribution in [0, 0.1) is 11.8 Å². The monoisotopic (exact) mass is 922 g/mol. The number of halogens is 14. The molecule has 2 nitrogen and oxygen atoms in total. The first kappa shape index (κ1) is 47.2. The lowest BCUT2D eigenvalue weighted by Gasteiger charge is -2.35. The Morgan fingerprint density at radius 2 is 0.804 bits per heavy atom. The average Bonchev–Trinajstić information content (AvgIpc) is 3.04. The van der Waals surface area contributed by atoms with Gasteiger partial charge in [-0.1, -0.05) is 69.6 Å². The second-order valence-corrected chi connectivity index (χ2v) is 18.7. The molecule has 0 saturated carbocycles. The van der Waals surface area contributed by atoms with Gasteiger partial charge in [0.2, 0.25) is 0 Å². The van der Waals surface area contributed by atoms with E-state index in [-0.39, 0.29) is 18.6 Å². The standard InChI is InChI=1S/C30H40Cl14O2/c1-13(2)10-16(45-11-15-8-6-5-7-9-15)12-46-30(44)29(43)28(42)27(41)26(40)25(39)24(38)23(37)22(36)21(35)20(34)19(33)18(32)17(31)14(3)4/h5-9,13-14,16-30H,10-12H2,1-4H3. The van der Waals surface area contributed by atoms with Crippen molar-refractivity contribution in [3.05, 3.63) is 35.9 Å². The van der Waals surface area contributed by atoms with Gasteiger partial charge in [-0.05, 0) is 23.8 Å². The van der Waals surface area contributed by atoms with Crippen molar-refractivity contribution >= 4 is 162 Å². The summed E-state index contributed by atoms with van der Waals surface area (Å²) in [4.78, 5) is 0. The van der Waals surface area contributed by atoms with Crippen LogP contribution in [0.25, 0.3) is 0 Å². The fourth-order valence-electron chi connectivity index (χ4n) is 4.23. The van der Waals surface area contributed by atoms with Gasteiger partial charge in [-0.2, -0.15) is 0 Å². The minimum absolute atomic E-state index is 0.0451. The fourth-order valence-corrected chi connectivity index (χ4v) is 9.30. The first-order valence-corrected chi connectivity index (χ1v) is 20.7. The predicted octanol–water partition coefficient (Wildman–Crippen LogP) is 12.8. The van der Waals surface area contributed by atoms with E-state index in [1.165, 1.54) is 0 Å². The Labute approximate surface area is 345 Å². The largest absolute Gasteiger partial charge is 0.371 e. The maximum atomic E-state index is 6.64. The number of hydrogen-bond acceptors (Lipinski definition) is 2. The van der Waals surface area contributed by atoms with Crippen LogP contribution in [-0.2, 0) is 16.1 Å². The second-order valence-electron chi connectivity index (χ2n) is 11.8. The molecule has 15 unspecified atom stereocenters. The first-order valence-electron chi connectivity index (χ1n) is 14.6. The highest BCUT2D eigenvalue weighted by Gasteiger charge is 2.45. The molecule has 0 saturated heterocycles. The predicted molar refractivity (Wildman–Crippen MR) is 210 cm³/mol. The molecular formula is C30H40Cl14O2. The highest BCUT2D eigenvalue weighted by molar-refractivity contribution is 6.45. The molecule has 16 heteroatoms. The maximum Gasteiger partial charge on any atom is 0.149 e. The SMILES string of the molecule is CC(C)CC(COC(Cl)C(Cl)C(Cl)C(Cl)C(Cl)C(Cl)C(Cl)C(Cl)C(Cl)C(Cl)C(Cl)C(Cl)C(Cl)C(Cl)C(C)C)OCc1ccccc1. The highest BCUT2D eigenvalue weighted by Crippen LogP contribution is 2.39. The van der Waals surface area contributed by atoms with Crippen LogP contribution in [0.4, 0.5) is 0 Å². The van der Waals surface area contributed by atoms with Gasteiger partial charge in [0, 0.05) is 0 Å². The molecule has 15 atom stereocenters. The Morgan fingerprint density at radius 3 is 1.15 bits per heavy atom.